The molecule has 0 saturated carbocycles. The molecule has 4 aromatic rings. The van der Waals surface area contributed by atoms with Crippen molar-refractivity contribution in [3.05, 3.63) is 138 Å². The molecular formula is C28H25N. The molecule has 4 rings (SSSR count). The molecule has 0 spiro atoms. The van der Waals surface area contributed by atoms with Crippen LogP contribution in [0.15, 0.2) is 115 Å². The fraction of sp³-hybridized carbons (Fsp3) is 0.0714. The Morgan fingerprint density at radius 2 is 0.897 bits per heavy atom. The van der Waals surface area contributed by atoms with Gasteiger partial charge in [-0.15, -0.1) is 0 Å². The zero-order chi connectivity index (χ0) is 20.1. The average Bonchev–Trinajstić information content (AvgIpc) is 2.77. The summed E-state index contributed by atoms with van der Waals surface area (Å²) < 4.78 is 0. The van der Waals surface area contributed by atoms with Gasteiger partial charge in [-0.2, -0.15) is 0 Å². The number of hydrogen-bond donors (Lipinski definition) is 0. The van der Waals surface area contributed by atoms with E-state index in [9.17, 15) is 0 Å². The summed E-state index contributed by atoms with van der Waals surface area (Å²) in [6.07, 6.45) is 2.25. The number of aryl methyl sites for hydroxylation is 2. The standard InChI is InChI=1S/C28H25N/c1-22-13-17-24(18-14-22)28(25-19-15-23(2)16-20-25)21-29(26-9-5-3-6-10-26)27-11-7-4-8-12-27/h3-21H,1-2H3. The summed E-state index contributed by atoms with van der Waals surface area (Å²) in [4.78, 5) is 2.26. The Hall–Kier alpha value is -3.58. The first kappa shape index (κ1) is 18.8. The van der Waals surface area contributed by atoms with E-state index in [1.165, 1.54) is 27.8 Å². The Morgan fingerprint density at radius 3 is 1.28 bits per heavy atom. The Bertz CT molecular complexity index is 990. The minimum absolute atomic E-state index is 1.13. The van der Waals surface area contributed by atoms with Crippen molar-refractivity contribution < 1.29 is 0 Å². The number of hydrogen-bond acceptors (Lipinski definition) is 1. The van der Waals surface area contributed by atoms with E-state index in [1.54, 1.807) is 0 Å². The van der Waals surface area contributed by atoms with Crippen molar-refractivity contribution in [2.24, 2.45) is 0 Å². The van der Waals surface area contributed by atoms with E-state index in [1.807, 2.05) is 0 Å². The van der Waals surface area contributed by atoms with Crippen molar-refractivity contribution >= 4 is 16.9 Å². The highest BCUT2D eigenvalue weighted by atomic mass is 15.1. The monoisotopic (exact) mass is 375 g/mol. The van der Waals surface area contributed by atoms with Gasteiger partial charge < -0.3 is 4.90 Å². The van der Waals surface area contributed by atoms with E-state index in [-0.39, 0.29) is 0 Å². The van der Waals surface area contributed by atoms with Gasteiger partial charge >= 0.3 is 0 Å². The van der Waals surface area contributed by atoms with Crippen LogP contribution in [-0.2, 0) is 0 Å². The van der Waals surface area contributed by atoms with Crippen LogP contribution in [0.2, 0.25) is 0 Å². The molecule has 0 aliphatic heterocycles. The third-order valence-corrected chi connectivity index (χ3v) is 5.05. The van der Waals surface area contributed by atoms with Crippen molar-refractivity contribution in [1.82, 2.24) is 0 Å². The summed E-state index contributed by atoms with van der Waals surface area (Å²) in [7, 11) is 0. The van der Waals surface area contributed by atoms with Gasteiger partial charge in [-0.3, -0.25) is 0 Å². The number of benzene rings is 4. The molecule has 1 nitrogen and oxygen atoms in total. The van der Waals surface area contributed by atoms with Crippen molar-refractivity contribution in [1.29, 1.82) is 0 Å². The average molecular weight is 376 g/mol. The third-order valence-electron chi connectivity index (χ3n) is 5.05. The predicted molar refractivity (Wildman–Crippen MR) is 124 cm³/mol. The zero-order valence-corrected chi connectivity index (χ0v) is 16.9. The number of para-hydroxylation sites is 2. The van der Waals surface area contributed by atoms with Crippen LogP contribution in [0, 0.1) is 13.8 Å². The van der Waals surface area contributed by atoms with Crippen molar-refractivity contribution in [3.63, 3.8) is 0 Å². The summed E-state index contributed by atoms with van der Waals surface area (Å²) >= 11 is 0. The third kappa shape index (κ3) is 4.47. The van der Waals surface area contributed by atoms with Crippen molar-refractivity contribution in [3.8, 4) is 0 Å². The highest BCUT2D eigenvalue weighted by molar-refractivity contribution is 5.84. The van der Waals surface area contributed by atoms with E-state index in [0.29, 0.717) is 0 Å². The molecule has 0 aromatic heterocycles. The molecule has 142 valence electrons. The maximum absolute atomic E-state index is 2.26. The van der Waals surface area contributed by atoms with Crippen molar-refractivity contribution in [2.45, 2.75) is 13.8 Å². The first-order valence-electron chi connectivity index (χ1n) is 9.96. The van der Waals surface area contributed by atoms with Crippen LogP contribution in [0.5, 0.6) is 0 Å². The molecule has 0 N–H and O–H groups in total. The molecule has 0 unspecified atom stereocenters. The highest BCUT2D eigenvalue weighted by Gasteiger charge is 2.11. The maximum Gasteiger partial charge on any atom is 0.0455 e. The van der Waals surface area contributed by atoms with Crippen molar-refractivity contribution in [2.75, 3.05) is 4.90 Å². The molecule has 0 aliphatic rings. The summed E-state index contributed by atoms with van der Waals surface area (Å²) in [6, 6.07) is 38.5. The van der Waals surface area contributed by atoms with E-state index in [4.69, 9.17) is 0 Å². The Morgan fingerprint density at radius 1 is 0.517 bits per heavy atom. The SMILES string of the molecule is Cc1ccc(C(=CN(c2ccccc2)c2ccccc2)c2ccc(C)cc2)cc1. The lowest BCUT2D eigenvalue weighted by Crippen LogP contribution is -2.10. The van der Waals surface area contributed by atoms with Gasteiger partial charge in [0.05, 0.1) is 0 Å². The van der Waals surface area contributed by atoms with Crippen LogP contribution in [0.4, 0.5) is 11.4 Å². The quantitative estimate of drug-likeness (QED) is 0.348. The van der Waals surface area contributed by atoms with E-state index in [0.717, 1.165) is 11.4 Å². The highest BCUT2D eigenvalue weighted by Crippen LogP contribution is 2.31. The van der Waals surface area contributed by atoms with Crippen LogP contribution >= 0.6 is 0 Å². The lowest BCUT2D eigenvalue weighted by atomic mass is 9.97. The Kier molecular flexibility index (Phi) is 5.58. The molecule has 0 aliphatic carbocycles. The molecule has 0 atom stereocenters. The minimum atomic E-state index is 1.13. The van der Waals surface area contributed by atoms with Crippen LogP contribution in [0.1, 0.15) is 22.3 Å². The summed E-state index contributed by atoms with van der Waals surface area (Å²) in [5, 5.41) is 0. The van der Waals surface area contributed by atoms with E-state index in [2.05, 4.69) is 134 Å². The van der Waals surface area contributed by atoms with Gasteiger partial charge in [0.15, 0.2) is 0 Å². The lowest BCUT2D eigenvalue weighted by molar-refractivity contribution is 1.28. The Labute approximate surface area is 173 Å². The van der Waals surface area contributed by atoms with Gasteiger partial charge in [-0.1, -0.05) is 96.1 Å². The largest absolute Gasteiger partial charge is 0.317 e. The van der Waals surface area contributed by atoms with Gasteiger partial charge in [0.25, 0.3) is 0 Å². The van der Waals surface area contributed by atoms with Crippen LogP contribution in [0.25, 0.3) is 5.57 Å². The fourth-order valence-corrected chi connectivity index (χ4v) is 3.39. The number of nitrogens with zero attached hydrogens (tertiary/aromatic N) is 1. The second kappa shape index (κ2) is 8.62. The summed E-state index contributed by atoms with van der Waals surface area (Å²) in [5.41, 5.74) is 8.40. The molecular weight excluding hydrogens is 350 g/mol. The number of rotatable bonds is 5. The molecule has 0 bridgehead atoms. The molecule has 0 fully saturated rings. The molecule has 0 saturated heterocycles. The summed E-state index contributed by atoms with van der Waals surface area (Å²) in [5.74, 6) is 0. The first-order valence-corrected chi connectivity index (χ1v) is 9.96. The maximum atomic E-state index is 2.26. The molecule has 0 radical (unpaired) electrons. The molecule has 29 heavy (non-hydrogen) atoms. The van der Waals surface area contributed by atoms with Gasteiger partial charge in [-0.25, -0.2) is 0 Å². The van der Waals surface area contributed by atoms with Gasteiger partial charge in [0.2, 0.25) is 0 Å². The smallest absolute Gasteiger partial charge is 0.0455 e. The lowest BCUT2D eigenvalue weighted by Gasteiger charge is -2.23. The van der Waals surface area contributed by atoms with Crippen LogP contribution in [0.3, 0.4) is 0 Å². The molecule has 4 aromatic carbocycles. The topological polar surface area (TPSA) is 3.24 Å². The van der Waals surface area contributed by atoms with Gasteiger partial charge in [-0.05, 0) is 49.2 Å². The molecule has 0 heterocycles. The normalized spacial score (nSPS) is 10.4. The second-order valence-electron chi connectivity index (χ2n) is 7.32. The zero-order valence-electron chi connectivity index (χ0n) is 16.9. The van der Waals surface area contributed by atoms with E-state index >= 15 is 0 Å². The van der Waals surface area contributed by atoms with Crippen LogP contribution < -0.4 is 4.90 Å². The summed E-state index contributed by atoms with van der Waals surface area (Å²) in [6.45, 7) is 4.25. The predicted octanol–water partition coefficient (Wildman–Crippen LogP) is 7.53. The van der Waals surface area contributed by atoms with E-state index < -0.39 is 0 Å². The molecule has 1 heteroatoms. The molecule has 0 amide bonds. The fourth-order valence-electron chi connectivity index (χ4n) is 3.39. The second-order valence-corrected chi connectivity index (χ2v) is 7.32. The van der Waals surface area contributed by atoms with Crippen LogP contribution in [-0.4, -0.2) is 0 Å². The first-order chi connectivity index (χ1) is 14.2. The van der Waals surface area contributed by atoms with Gasteiger partial charge in [0, 0.05) is 23.1 Å². The Balaban J connectivity index is 1.90. The minimum Gasteiger partial charge on any atom is -0.317 e. The van der Waals surface area contributed by atoms with Gasteiger partial charge in [0.1, 0.15) is 0 Å². The number of anilines is 2.